The maximum Gasteiger partial charge on any atom is 0.238 e. The third-order valence-corrected chi connectivity index (χ3v) is 4.30. The molecule has 5 heteroatoms. The summed E-state index contributed by atoms with van der Waals surface area (Å²) in [5, 5.41) is 6.56. The number of halogens is 1. The van der Waals surface area contributed by atoms with Crippen LogP contribution in [0.15, 0.2) is 30.3 Å². The van der Waals surface area contributed by atoms with E-state index < -0.39 is 0 Å². The zero-order valence-electron chi connectivity index (χ0n) is 11.5. The van der Waals surface area contributed by atoms with E-state index in [0.717, 1.165) is 0 Å². The van der Waals surface area contributed by atoms with Crippen LogP contribution in [0.4, 0.5) is 5.69 Å². The SMILES string of the molecule is Cc1cc(CNCC(=O)Nc2cccc(Cl)c2)sc1C. The minimum absolute atomic E-state index is 0.0720. The number of aryl methyl sites for hydroxylation is 2. The first kappa shape index (κ1) is 15.0. The summed E-state index contributed by atoms with van der Waals surface area (Å²) in [6.07, 6.45) is 0. The molecule has 0 fully saturated rings. The van der Waals surface area contributed by atoms with Gasteiger partial charge in [-0.15, -0.1) is 11.3 Å². The van der Waals surface area contributed by atoms with Gasteiger partial charge in [-0.1, -0.05) is 17.7 Å². The van der Waals surface area contributed by atoms with Gasteiger partial charge in [0.05, 0.1) is 6.54 Å². The molecule has 0 atom stereocenters. The molecule has 0 spiro atoms. The van der Waals surface area contributed by atoms with E-state index in [2.05, 4.69) is 30.5 Å². The van der Waals surface area contributed by atoms with Crippen LogP contribution in [-0.2, 0) is 11.3 Å². The predicted octanol–water partition coefficient (Wildman–Crippen LogP) is 3.75. The second-order valence-electron chi connectivity index (χ2n) is 4.61. The van der Waals surface area contributed by atoms with E-state index in [9.17, 15) is 4.79 Å². The van der Waals surface area contributed by atoms with Crippen molar-refractivity contribution in [1.29, 1.82) is 0 Å². The monoisotopic (exact) mass is 308 g/mol. The van der Waals surface area contributed by atoms with Crippen molar-refractivity contribution in [1.82, 2.24) is 5.32 Å². The molecule has 20 heavy (non-hydrogen) atoms. The van der Waals surface area contributed by atoms with Crippen molar-refractivity contribution in [2.24, 2.45) is 0 Å². The number of carbonyl (C=O) groups is 1. The average molecular weight is 309 g/mol. The quantitative estimate of drug-likeness (QED) is 0.883. The van der Waals surface area contributed by atoms with Gasteiger partial charge in [0.2, 0.25) is 5.91 Å². The summed E-state index contributed by atoms with van der Waals surface area (Å²) in [6, 6.07) is 9.28. The maximum absolute atomic E-state index is 11.8. The van der Waals surface area contributed by atoms with Crippen molar-refractivity contribution in [2.75, 3.05) is 11.9 Å². The molecule has 0 saturated carbocycles. The fraction of sp³-hybridized carbons (Fsp3) is 0.267. The summed E-state index contributed by atoms with van der Waals surface area (Å²) >= 11 is 7.62. The van der Waals surface area contributed by atoms with E-state index in [0.29, 0.717) is 17.3 Å². The Kier molecular flexibility index (Phi) is 5.17. The summed E-state index contributed by atoms with van der Waals surface area (Å²) < 4.78 is 0. The predicted molar refractivity (Wildman–Crippen MR) is 85.6 cm³/mol. The van der Waals surface area contributed by atoms with Crippen LogP contribution >= 0.6 is 22.9 Å². The van der Waals surface area contributed by atoms with Gasteiger partial charge in [0.25, 0.3) is 0 Å². The van der Waals surface area contributed by atoms with Crippen LogP contribution in [-0.4, -0.2) is 12.5 Å². The highest BCUT2D eigenvalue weighted by molar-refractivity contribution is 7.12. The zero-order valence-corrected chi connectivity index (χ0v) is 13.1. The minimum atomic E-state index is -0.0720. The van der Waals surface area contributed by atoms with Gasteiger partial charge in [0.15, 0.2) is 0 Å². The van der Waals surface area contributed by atoms with E-state index >= 15 is 0 Å². The number of benzene rings is 1. The molecule has 2 N–H and O–H groups in total. The lowest BCUT2D eigenvalue weighted by Crippen LogP contribution is -2.27. The summed E-state index contributed by atoms with van der Waals surface area (Å²) in [5.41, 5.74) is 2.02. The number of anilines is 1. The van der Waals surface area contributed by atoms with Crippen molar-refractivity contribution in [2.45, 2.75) is 20.4 Å². The first-order valence-corrected chi connectivity index (χ1v) is 7.56. The molecule has 0 unspecified atom stereocenters. The second kappa shape index (κ2) is 6.88. The molecule has 106 valence electrons. The number of hydrogen-bond acceptors (Lipinski definition) is 3. The fourth-order valence-corrected chi connectivity index (χ4v) is 3.02. The van der Waals surface area contributed by atoms with E-state index in [4.69, 9.17) is 11.6 Å². The van der Waals surface area contributed by atoms with Gasteiger partial charge in [-0.25, -0.2) is 0 Å². The average Bonchev–Trinajstić information content (AvgIpc) is 2.68. The van der Waals surface area contributed by atoms with Crippen LogP contribution in [0.5, 0.6) is 0 Å². The molecule has 0 aliphatic rings. The number of carbonyl (C=O) groups excluding carboxylic acids is 1. The molecule has 3 nitrogen and oxygen atoms in total. The number of rotatable bonds is 5. The highest BCUT2D eigenvalue weighted by atomic mass is 35.5. The van der Waals surface area contributed by atoms with E-state index in [1.54, 1.807) is 23.5 Å². The summed E-state index contributed by atoms with van der Waals surface area (Å²) in [7, 11) is 0. The molecule has 1 aromatic heterocycles. The van der Waals surface area contributed by atoms with Crippen LogP contribution in [0.2, 0.25) is 5.02 Å². The van der Waals surface area contributed by atoms with Crippen molar-refractivity contribution in [3.63, 3.8) is 0 Å². The van der Waals surface area contributed by atoms with Crippen LogP contribution in [0.25, 0.3) is 0 Å². The molecule has 1 amide bonds. The first-order valence-electron chi connectivity index (χ1n) is 6.36. The zero-order chi connectivity index (χ0) is 14.5. The van der Waals surface area contributed by atoms with E-state index in [1.807, 2.05) is 12.1 Å². The molecule has 0 saturated heterocycles. The first-order chi connectivity index (χ1) is 9.54. The molecular formula is C15H17ClN2OS. The van der Waals surface area contributed by atoms with Gasteiger partial charge in [-0.05, 0) is 43.7 Å². The molecule has 0 bridgehead atoms. The Bertz CT molecular complexity index is 590. The van der Waals surface area contributed by atoms with Crippen molar-refractivity contribution in [3.05, 3.63) is 50.7 Å². The number of amides is 1. The lowest BCUT2D eigenvalue weighted by Gasteiger charge is -2.06. The molecule has 0 aliphatic heterocycles. The molecule has 0 aliphatic carbocycles. The second-order valence-corrected chi connectivity index (χ2v) is 6.39. The minimum Gasteiger partial charge on any atom is -0.325 e. The summed E-state index contributed by atoms with van der Waals surface area (Å²) in [4.78, 5) is 14.3. The van der Waals surface area contributed by atoms with Gasteiger partial charge in [0, 0.05) is 27.0 Å². The van der Waals surface area contributed by atoms with E-state index in [1.165, 1.54) is 15.3 Å². The van der Waals surface area contributed by atoms with Gasteiger partial charge in [-0.2, -0.15) is 0 Å². The molecule has 2 rings (SSSR count). The Morgan fingerprint density at radius 1 is 1.30 bits per heavy atom. The standard InChI is InChI=1S/C15H17ClN2OS/c1-10-6-14(20-11(10)2)8-17-9-15(19)18-13-5-3-4-12(16)7-13/h3-7,17H,8-9H2,1-2H3,(H,18,19). The van der Waals surface area contributed by atoms with Crippen molar-refractivity contribution < 1.29 is 4.79 Å². The fourth-order valence-electron chi connectivity index (χ4n) is 1.81. The summed E-state index contributed by atoms with van der Waals surface area (Å²) in [5.74, 6) is -0.0720. The number of nitrogens with one attached hydrogen (secondary N) is 2. The highest BCUT2D eigenvalue weighted by Gasteiger charge is 2.04. The van der Waals surface area contributed by atoms with E-state index in [-0.39, 0.29) is 12.5 Å². The van der Waals surface area contributed by atoms with Gasteiger partial charge >= 0.3 is 0 Å². The Balaban J connectivity index is 1.78. The Morgan fingerprint density at radius 2 is 2.10 bits per heavy atom. The molecule has 1 heterocycles. The van der Waals surface area contributed by atoms with Crippen molar-refractivity contribution >= 4 is 34.5 Å². The largest absolute Gasteiger partial charge is 0.325 e. The highest BCUT2D eigenvalue weighted by Crippen LogP contribution is 2.20. The smallest absolute Gasteiger partial charge is 0.238 e. The normalized spacial score (nSPS) is 10.6. The topological polar surface area (TPSA) is 41.1 Å². The Morgan fingerprint density at radius 3 is 2.75 bits per heavy atom. The van der Waals surface area contributed by atoms with Crippen molar-refractivity contribution in [3.8, 4) is 0 Å². The maximum atomic E-state index is 11.8. The third-order valence-electron chi connectivity index (χ3n) is 2.91. The number of hydrogen-bond donors (Lipinski definition) is 2. The molecule has 2 aromatic rings. The van der Waals surface area contributed by atoms with Gasteiger partial charge < -0.3 is 10.6 Å². The van der Waals surface area contributed by atoms with Crippen LogP contribution in [0.1, 0.15) is 15.3 Å². The lowest BCUT2D eigenvalue weighted by molar-refractivity contribution is -0.115. The van der Waals surface area contributed by atoms with Gasteiger partial charge in [0.1, 0.15) is 0 Å². The van der Waals surface area contributed by atoms with Crippen LogP contribution in [0.3, 0.4) is 0 Å². The lowest BCUT2D eigenvalue weighted by atomic mass is 10.3. The molecule has 1 aromatic carbocycles. The Labute approximate surface area is 128 Å². The molecule has 0 radical (unpaired) electrons. The van der Waals surface area contributed by atoms with Crippen LogP contribution in [0, 0.1) is 13.8 Å². The van der Waals surface area contributed by atoms with Gasteiger partial charge in [-0.3, -0.25) is 4.79 Å². The number of thiophene rings is 1. The van der Waals surface area contributed by atoms with Crippen LogP contribution < -0.4 is 10.6 Å². The summed E-state index contributed by atoms with van der Waals surface area (Å²) in [6.45, 7) is 5.20. The Hall–Kier alpha value is -1.36. The molecular weight excluding hydrogens is 292 g/mol. The third kappa shape index (κ3) is 4.34.